The van der Waals surface area contributed by atoms with E-state index in [-0.39, 0.29) is 16.5 Å². The van der Waals surface area contributed by atoms with E-state index in [2.05, 4.69) is 14.8 Å². The van der Waals surface area contributed by atoms with E-state index in [1.807, 2.05) is 0 Å². The zero-order valence-electron chi connectivity index (χ0n) is 20.6. The molecule has 2 aliphatic heterocycles. The van der Waals surface area contributed by atoms with Crippen LogP contribution in [0.4, 0.5) is 0 Å². The summed E-state index contributed by atoms with van der Waals surface area (Å²) in [5.74, 6) is -2.14. The number of hydrogen-bond acceptors (Lipinski definition) is 7. The van der Waals surface area contributed by atoms with Gasteiger partial charge in [0.1, 0.15) is 0 Å². The van der Waals surface area contributed by atoms with E-state index in [1.165, 1.54) is 12.1 Å². The molecule has 2 aliphatic rings. The number of rotatable bonds is 8. The number of hydrogen-bond donors (Lipinski definition) is 3. The summed E-state index contributed by atoms with van der Waals surface area (Å²) in [6, 6.07) is 6.10. The van der Waals surface area contributed by atoms with Crippen LogP contribution < -0.4 is 5.56 Å². The number of aromatic nitrogens is 1. The number of pyridine rings is 1. The molecule has 3 aromatic rings. The second-order valence-electron chi connectivity index (χ2n) is 9.54. The maximum atomic E-state index is 12.9. The van der Waals surface area contributed by atoms with Crippen molar-refractivity contribution >= 4 is 33.6 Å². The first-order valence-corrected chi connectivity index (χ1v) is 12.6. The molecule has 0 amide bonds. The Labute approximate surface area is 213 Å². The third-order valence-electron chi connectivity index (χ3n) is 7.37. The zero-order chi connectivity index (χ0) is 25.9. The van der Waals surface area contributed by atoms with Crippen molar-refractivity contribution in [2.75, 3.05) is 65.7 Å². The van der Waals surface area contributed by atoms with Gasteiger partial charge in [-0.3, -0.25) is 14.6 Å². The number of nitrogens with zero attached hydrogens (tertiary/aromatic N) is 2. The molecule has 3 heterocycles. The lowest BCUT2D eigenvalue weighted by Gasteiger charge is -2.29. The fourth-order valence-corrected chi connectivity index (χ4v) is 5.40. The molecule has 0 bridgehead atoms. The fourth-order valence-electron chi connectivity index (χ4n) is 5.40. The predicted molar refractivity (Wildman–Crippen MR) is 138 cm³/mol. The molecule has 196 valence electrons. The lowest BCUT2D eigenvalue weighted by molar-refractivity contribution is 0.0377. The maximum absolute atomic E-state index is 12.9. The molecule has 2 aromatic carbocycles. The molecule has 0 unspecified atom stereocenters. The minimum atomic E-state index is -1.11. The van der Waals surface area contributed by atoms with Crippen molar-refractivity contribution < 1.29 is 29.3 Å². The van der Waals surface area contributed by atoms with Gasteiger partial charge in [0.15, 0.2) is 0 Å². The molecule has 10 heteroatoms. The summed E-state index contributed by atoms with van der Waals surface area (Å²) < 4.78 is 10.9. The number of carboxylic acids is 2. The van der Waals surface area contributed by atoms with Gasteiger partial charge in [-0.15, -0.1) is 0 Å². The first-order chi connectivity index (χ1) is 17.9. The summed E-state index contributed by atoms with van der Waals surface area (Å²) in [5.41, 5.74) is 1.87. The first kappa shape index (κ1) is 25.3. The minimum absolute atomic E-state index is 0.0295. The maximum Gasteiger partial charge on any atom is 0.336 e. The summed E-state index contributed by atoms with van der Waals surface area (Å²) >= 11 is 0. The largest absolute Gasteiger partial charge is 0.478 e. The van der Waals surface area contributed by atoms with Gasteiger partial charge >= 0.3 is 11.9 Å². The molecule has 2 fully saturated rings. The number of ether oxygens (including phenoxy) is 2. The van der Waals surface area contributed by atoms with Gasteiger partial charge in [-0.2, -0.15) is 0 Å². The number of aromatic amines is 1. The van der Waals surface area contributed by atoms with Crippen LogP contribution in [0.2, 0.25) is 0 Å². The second-order valence-corrected chi connectivity index (χ2v) is 9.54. The Morgan fingerprint density at radius 1 is 0.811 bits per heavy atom. The first-order valence-electron chi connectivity index (χ1n) is 12.6. The van der Waals surface area contributed by atoms with E-state index in [4.69, 9.17) is 9.47 Å². The van der Waals surface area contributed by atoms with Crippen molar-refractivity contribution in [2.45, 2.75) is 12.8 Å². The molecule has 2 saturated heterocycles. The Morgan fingerprint density at radius 3 is 1.97 bits per heavy atom. The summed E-state index contributed by atoms with van der Waals surface area (Å²) in [6.07, 6.45) is 1.14. The average Bonchev–Trinajstić information content (AvgIpc) is 2.91. The van der Waals surface area contributed by atoms with Crippen LogP contribution in [0.25, 0.3) is 21.7 Å². The fraction of sp³-hybridized carbons (Fsp3) is 0.444. The molecule has 3 N–H and O–H groups in total. The van der Waals surface area contributed by atoms with Crippen molar-refractivity contribution in [1.82, 2.24) is 14.8 Å². The van der Waals surface area contributed by atoms with Crippen molar-refractivity contribution in [1.29, 1.82) is 0 Å². The van der Waals surface area contributed by atoms with E-state index < -0.39 is 17.5 Å². The Kier molecular flexibility index (Phi) is 7.52. The summed E-state index contributed by atoms with van der Waals surface area (Å²) in [5, 5.41) is 21.3. The third-order valence-corrected chi connectivity index (χ3v) is 7.37. The molecule has 0 aliphatic carbocycles. The highest BCUT2D eigenvalue weighted by molar-refractivity contribution is 6.11. The van der Waals surface area contributed by atoms with Gasteiger partial charge in [0.25, 0.3) is 5.56 Å². The van der Waals surface area contributed by atoms with Gasteiger partial charge in [0, 0.05) is 50.0 Å². The highest BCUT2D eigenvalue weighted by Gasteiger charge is 2.23. The van der Waals surface area contributed by atoms with Crippen LogP contribution in [0.3, 0.4) is 0 Å². The Hall–Kier alpha value is -3.31. The highest BCUT2D eigenvalue weighted by atomic mass is 16.5. The monoisotopic (exact) mass is 509 g/mol. The smallest absolute Gasteiger partial charge is 0.336 e. The number of carbonyl (C=O) groups is 2. The molecule has 37 heavy (non-hydrogen) atoms. The van der Waals surface area contributed by atoms with E-state index in [1.54, 1.807) is 12.1 Å². The number of nitrogens with one attached hydrogen (secondary N) is 1. The molecule has 0 atom stereocenters. The lowest BCUT2D eigenvalue weighted by Crippen LogP contribution is -2.38. The van der Waals surface area contributed by atoms with E-state index in [0.29, 0.717) is 56.7 Å². The van der Waals surface area contributed by atoms with E-state index in [9.17, 15) is 24.6 Å². The van der Waals surface area contributed by atoms with Gasteiger partial charge in [-0.1, -0.05) is 6.07 Å². The third kappa shape index (κ3) is 5.37. The SMILES string of the molecule is O=C(O)c1ccc2c(c1)c(=O)[nH]c1cc(C(=O)O)c(CCN3CCOCC3)c(CCN3CCOCC3)c12. The van der Waals surface area contributed by atoms with Crippen LogP contribution in [0, 0.1) is 0 Å². The highest BCUT2D eigenvalue weighted by Crippen LogP contribution is 2.32. The van der Waals surface area contributed by atoms with Gasteiger partial charge in [0.2, 0.25) is 0 Å². The standard InChI is InChI=1S/C27H31N3O7/c31-25-21-15-17(26(32)33)1-2-19(21)24-20(4-6-30-9-13-37-14-10-30)18(3-5-29-7-11-36-12-8-29)22(27(34)35)16-23(24)28-25/h1-2,15-16H,3-14H2,(H,28,31)(H,32,33)(H,34,35). The van der Waals surface area contributed by atoms with Gasteiger partial charge in [-0.05, 0) is 47.6 Å². The quantitative estimate of drug-likeness (QED) is 0.389. The van der Waals surface area contributed by atoms with Crippen molar-refractivity contribution in [2.24, 2.45) is 0 Å². The van der Waals surface area contributed by atoms with Crippen LogP contribution in [0.5, 0.6) is 0 Å². The average molecular weight is 510 g/mol. The van der Waals surface area contributed by atoms with Crippen molar-refractivity contribution in [3.8, 4) is 0 Å². The summed E-state index contributed by atoms with van der Waals surface area (Å²) in [7, 11) is 0. The topological polar surface area (TPSA) is 132 Å². The molecular weight excluding hydrogens is 478 g/mol. The Morgan fingerprint density at radius 2 is 1.41 bits per heavy atom. The summed E-state index contributed by atoms with van der Waals surface area (Å²) in [4.78, 5) is 44.3. The Bertz CT molecular complexity index is 1390. The predicted octanol–water partition coefficient (Wildman–Crippen LogP) is 1.83. The van der Waals surface area contributed by atoms with Gasteiger partial charge in [0.05, 0.1) is 43.1 Å². The second kappa shape index (κ2) is 11.0. The van der Waals surface area contributed by atoms with Gasteiger partial charge < -0.3 is 24.7 Å². The number of morpholine rings is 2. The number of carboxylic acid groups (broad SMARTS) is 2. The number of H-pyrrole nitrogens is 1. The van der Waals surface area contributed by atoms with Crippen LogP contribution in [-0.4, -0.2) is 103 Å². The number of benzene rings is 2. The van der Waals surface area contributed by atoms with E-state index in [0.717, 1.165) is 49.2 Å². The minimum Gasteiger partial charge on any atom is -0.478 e. The number of aromatic carboxylic acids is 2. The van der Waals surface area contributed by atoms with Crippen LogP contribution in [-0.2, 0) is 22.3 Å². The lowest BCUT2D eigenvalue weighted by atomic mass is 9.89. The van der Waals surface area contributed by atoms with Gasteiger partial charge in [-0.25, -0.2) is 9.59 Å². The normalized spacial score (nSPS) is 17.4. The van der Waals surface area contributed by atoms with Crippen LogP contribution in [0.15, 0.2) is 29.1 Å². The zero-order valence-corrected chi connectivity index (χ0v) is 20.6. The molecular formula is C27H31N3O7. The van der Waals surface area contributed by atoms with E-state index >= 15 is 0 Å². The van der Waals surface area contributed by atoms with Crippen LogP contribution in [0.1, 0.15) is 31.8 Å². The van der Waals surface area contributed by atoms with Crippen molar-refractivity contribution in [3.63, 3.8) is 0 Å². The van der Waals surface area contributed by atoms with Crippen molar-refractivity contribution in [3.05, 3.63) is 56.9 Å². The molecule has 0 saturated carbocycles. The molecule has 5 rings (SSSR count). The van der Waals surface area contributed by atoms with Crippen LogP contribution >= 0.6 is 0 Å². The Balaban J connectivity index is 1.68. The molecule has 0 radical (unpaired) electrons. The number of fused-ring (bicyclic) bond motifs is 3. The molecule has 1 aromatic heterocycles. The summed E-state index contributed by atoms with van der Waals surface area (Å²) in [6.45, 7) is 7.27. The molecule has 0 spiro atoms. The molecule has 10 nitrogen and oxygen atoms in total.